The second kappa shape index (κ2) is 6.51. The van der Waals surface area contributed by atoms with E-state index in [-0.39, 0.29) is 16.8 Å². The molecule has 0 aliphatic heterocycles. The first-order chi connectivity index (χ1) is 12.6. The van der Waals surface area contributed by atoms with E-state index in [1.807, 2.05) is 30.5 Å². The van der Waals surface area contributed by atoms with E-state index in [9.17, 15) is 4.79 Å². The number of anilines is 1. The van der Waals surface area contributed by atoms with Crippen LogP contribution in [0.4, 0.5) is 5.82 Å². The van der Waals surface area contributed by atoms with Crippen molar-refractivity contribution in [2.75, 3.05) is 12.0 Å². The smallest absolute Gasteiger partial charge is 0.271 e. The van der Waals surface area contributed by atoms with Crippen molar-refractivity contribution in [2.45, 2.75) is 4.90 Å². The van der Waals surface area contributed by atoms with Crippen LogP contribution in [0, 0.1) is 0 Å². The third kappa shape index (κ3) is 2.65. The van der Waals surface area contributed by atoms with Gasteiger partial charge in [0.15, 0.2) is 17.3 Å². The summed E-state index contributed by atoms with van der Waals surface area (Å²) in [5, 5.41) is 7.53. The van der Waals surface area contributed by atoms with E-state index in [2.05, 4.69) is 15.2 Å². The fraction of sp³-hybridized carbons (Fsp3) is 0.0556. The van der Waals surface area contributed by atoms with Gasteiger partial charge >= 0.3 is 0 Å². The molecule has 0 aliphatic carbocycles. The van der Waals surface area contributed by atoms with Crippen LogP contribution in [-0.4, -0.2) is 26.0 Å². The number of nitrogens with two attached hydrogens (primary N) is 1. The van der Waals surface area contributed by atoms with Gasteiger partial charge in [0.05, 0.1) is 5.69 Å². The van der Waals surface area contributed by atoms with E-state index in [0.717, 1.165) is 10.5 Å². The summed E-state index contributed by atoms with van der Waals surface area (Å²) in [6.45, 7) is 0. The van der Waals surface area contributed by atoms with E-state index in [1.165, 1.54) is 0 Å². The normalized spacial score (nSPS) is 11.2. The van der Waals surface area contributed by atoms with Gasteiger partial charge in [0.2, 0.25) is 0 Å². The van der Waals surface area contributed by atoms with Crippen molar-refractivity contribution >= 4 is 40.2 Å². The Hall–Kier alpha value is -2.77. The maximum Gasteiger partial charge on any atom is 0.271 e. The van der Waals surface area contributed by atoms with Gasteiger partial charge in [-0.25, -0.2) is 4.98 Å². The van der Waals surface area contributed by atoms with Crippen LogP contribution < -0.4 is 11.3 Å². The molecule has 2 aromatic carbocycles. The predicted octanol–water partition coefficient (Wildman–Crippen LogP) is 3.73. The number of nitrogens with one attached hydrogen (secondary N) is 1. The number of fused-ring (bicyclic) bond motifs is 1. The number of H-pyrrole nitrogens is 1. The van der Waals surface area contributed by atoms with Gasteiger partial charge in [-0.15, -0.1) is 11.8 Å². The fourth-order valence-corrected chi connectivity index (χ4v) is 3.56. The summed E-state index contributed by atoms with van der Waals surface area (Å²) in [5.41, 5.74) is 7.46. The zero-order valence-electron chi connectivity index (χ0n) is 13.7. The molecule has 6 nitrogen and oxygen atoms in total. The third-order valence-electron chi connectivity index (χ3n) is 4.05. The molecule has 0 fully saturated rings. The van der Waals surface area contributed by atoms with Gasteiger partial charge in [0, 0.05) is 15.5 Å². The highest BCUT2D eigenvalue weighted by atomic mass is 35.5. The van der Waals surface area contributed by atoms with Crippen molar-refractivity contribution in [3.8, 4) is 17.1 Å². The van der Waals surface area contributed by atoms with E-state index in [4.69, 9.17) is 17.3 Å². The fourth-order valence-electron chi connectivity index (χ4n) is 2.84. The first-order valence-electron chi connectivity index (χ1n) is 7.76. The minimum absolute atomic E-state index is 0.130. The van der Waals surface area contributed by atoms with Gasteiger partial charge in [-0.2, -0.15) is 5.10 Å². The van der Waals surface area contributed by atoms with E-state index in [0.29, 0.717) is 22.2 Å². The molecular formula is C18H14ClN5OS. The Morgan fingerprint density at radius 3 is 2.62 bits per heavy atom. The van der Waals surface area contributed by atoms with Crippen molar-refractivity contribution in [1.29, 1.82) is 0 Å². The molecule has 26 heavy (non-hydrogen) atoms. The molecule has 0 spiro atoms. The van der Waals surface area contributed by atoms with Crippen LogP contribution in [0.5, 0.6) is 0 Å². The predicted molar refractivity (Wildman–Crippen MR) is 106 cm³/mol. The molecule has 0 bridgehead atoms. The zero-order valence-corrected chi connectivity index (χ0v) is 15.3. The topological polar surface area (TPSA) is 89.6 Å². The van der Waals surface area contributed by atoms with Gasteiger partial charge < -0.3 is 5.73 Å². The minimum atomic E-state index is -0.283. The van der Waals surface area contributed by atoms with Crippen molar-refractivity contribution in [2.24, 2.45) is 0 Å². The quantitative estimate of drug-likeness (QED) is 0.526. The maximum atomic E-state index is 13.2. The largest absolute Gasteiger partial charge is 0.381 e. The van der Waals surface area contributed by atoms with Gasteiger partial charge in [0.1, 0.15) is 5.39 Å². The average Bonchev–Trinajstić information content (AvgIpc) is 3.04. The molecule has 0 unspecified atom stereocenters. The van der Waals surface area contributed by atoms with Crippen molar-refractivity contribution in [3.05, 3.63) is 63.9 Å². The van der Waals surface area contributed by atoms with Gasteiger partial charge in [0.25, 0.3) is 5.56 Å². The molecule has 0 saturated carbocycles. The van der Waals surface area contributed by atoms with Gasteiger partial charge in [-0.1, -0.05) is 29.8 Å². The molecule has 130 valence electrons. The first kappa shape index (κ1) is 16.7. The molecule has 0 amide bonds. The van der Waals surface area contributed by atoms with Crippen molar-refractivity contribution < 1.29 is 0 Å². The highest BCUT2D eigenvalue weighted by molar-refractivity contribution is 7.98. The van der Waals surface area contributed by atoms with Crippen LogP contribution in [0.1, 0.15) is 0 Å². The van der Waals surface area contributed by atoms with Gasteiger partial charge in [-0.3, -0.25) is 14.5 Å². The lowest BCUT2D eigenvalue weighted by Crippen LogP contribution is -2.22. The molecule has 4 aromatic rings. The number of nitrogen functional groups attached to an aromatic ring is 1. The van der Waals surface area contributed by atoms with E-state index < -0.39 is 0 Å². The molecule has 0 saturated heterocycles. The van der Waals surface area contributed by atoms with E-state index >= 15 is 0 Å². The summed E-state index contributed by atoms with van der Waals surface area (Å²) in [7, 11) is 0. The maximum absolute atomic E-state index is 13.2. The molecule has 0 radical (unpaired) electrons. The van der Waals surface area contributed by atoms with Crippen LogP contribution in [0.3, 0.4) is 0 Å². The first-order valence-corrected chi connectivity index (χ1v) is 9.36. The molecule has 2 heterocycles. The van der Waals surface area contributed by atoms with Crippen LogP contribution >= 0.6 is 23.4 Å². The second-order valence-electron chi connectivity index (χ2n) is 5.59. The lowest BCUT2D eigenvalue weighted by molar-refractivity contribution is 0.965. The lowest BCUT2D eigenvalue weighted by Gasteiger charge is -2.14. The van der Waals surface area contributed by atoms with Crippen molar-refractivity contribution in [1.82, 2.24) is 19.7 Å². The van der Waals surface area contributed by atoms with Crippen LogP contribution in [0.15, 0.2) is 58.2 Å². The number of aromatic amines is 1. The standard InChI is InChI=1S/C18H14ClN5OS/c1-26-13-5-3-2-4-12(13)17-21-16-14(15(20)22-23-16)18(25)24(17)11-8-6-10(19)7-9-11/h2-9H,1H3,(H3,20,22,23). The number of nitrogens with zero attached hydrogens (tertiary/aromatic N) is 3. The Bertz CT molecular complexity index is 1170. The number of thioether (sulfide) groups is 1. The summed E-state index contributed by atoms with van der Waals surface area (Å²) in [4.78, 5) is 18.9. The van der Waals surface area contributed by atoms with Crippen molar-refractivity contribution in [3.63, 3.8) is 0 Å². The molecule has 0 aliphatic rings. The number of rotatable bonds is 3. The molecule has 4 rings (SSSR count). The van der Waals surface area contributed by atoms with Crippen LogP contribution in [0.25, 0.3) is 28.1 Å². The highest BCUT2D eigenvalue weighted by Crippen LogP contribution is 2.30. The summed E-state index contributed by atoms with van der Waals surface area (Å²) in [6.07, 6.45) is 1.98. The summed E-state index contributed by atoms with van der Waals surface area (Å²) >= 11 is 7.59. The average molecular weight is 384 g/mol. The molecule has 0 atom stereocenters. The monoisotopic (exact) mass is 383 g/mol. The zero-order chi connectivity index (χ0) is 18.3. The number of benzene rings is 2. The van der Waals surface area contributed by atoms with E-state index in [1.54, 1.807) is 40.6 Å². The summed E-state index contributed by atoms with van der Waals surface area (Å²) in [6, 6.07) is 14.8. The number of hydrogen-bond acceptors (Lipinski definition) is 5. The number of hydrogen-bond donors (Lipinski definition) is 2. The number of halogens is 1. The van der Waals surface area contributed by atoms with Crippen LogP contribution in [-0.2, 0) is 0 Å². The Kier molecular flexibility index (Phi) is 4.18. The molecule has 8 heteroatoms. The summed E-state index contributed by atoms with van der Waals surface area (Å²) in [5.74, 6) is 0.642. The minimum Gasteiger partial charge on any atom is -0.381 e. The molecule has 3 N–H and O–H groups in total. The Balaban J connectivity index is 2.13. The molecular weight excluding hydrogens is 370 g/mol. The van der Waals surface area contributed by atoms with Crippen LogP contribution in [0.2, 0.25) is 5.02 Å². The Labute approximate surface area is 158 Å². The highest BCUT2D eigenvalue weighted by Gasteiger charge is 2.19. The molecule has 2 aromatic heterocycles. The summed E-state index contributed by atoms with van der Waals surface area (Å²) < 4.78 is 1.54. The lowest BCUT2D eigenvalue weighted by atomic mass is 10.2. The SMILES string of the molecule is CSc1ccccc1-c1nc2[nH]nc(N)c2c(=O)n1-c1ccc(Cl)cc1. The Morgan fingerprint density at radius 1 is 1.15 bits per heavy atom. The number of aromatic nitrogens is 4. The van der Waals surface area contributed by atoms with Gasteiger partial charge in [-0.05, 0) is 36.6 Å². The third-order valence-corrected chi connectivity index (χ3v) is 5.10. The second-order valence-corrected chi connectivity index (χ2v) is 6.87. The Morgan fingerprint density at radius 2 is 1.88 bits per heavy atom.